The SMILES string of the molecule is CCn1ccnc1C(=O)C(CN)c1ccccc1. The Morgan fingerprint density at radius 2 is 2.11 bits per heavy atom. The third-order valence-corrected chi connectivity index (χ3v) is 3.03. The zero-order valence-electron chi connectivity index (χ0n) is 10.4. The molecule has 4 nitrogen and oxygen atoms in total. The molecule has 2 N–H and O–H groups in total. The van der Waals surface area contributed by atoms with Crippen LogP contribution in [0.5, 0.6) is 0 Å². The highest BCUT2D eigenvalue weighted by atomic mass is 16.1. The molecule has 0 aliphatic heterocycles. The third-order valence-electron chi connectivity index (χ3n) is 3.03. The maximum absolute atomic E-state index is 12.5. The number of carbonyl (C=O) groups excluding carboxylic acids is 1. The van der Waals surface area contributed by atoms with Crippen molar-refractivity contribution in [1.29, 1.82) is 0 Å². The highest BCUT2D eigenvalue weighted by Gasteiger charge is 2.23. The van der Waals surface area contributed by atoms with E-state index in [1.807, 2.05) is 48.0 Å². The lowest BCUT2D eigenvalue weighted by Gasteiger charge is -2.14. The van der Waals surface area contributed by atoms with Crippen LogP contribution in [-0.4, -0.2) is 21.9 Å². The lowest BCUT2D eigenvalue weighted by molar-refractivity contribution is 0.0948. The molecule has 0 aliphatic carbocycles. The van der Waals surface area contributed by atoms with Crippen LogP contribution in [0.25, 0.3) is 0 Å². The van der Waals surface area contributed by atoms with Crippen molar-refractivity contribution in [3.63, 3.8) is 0 Å². The first-order chi connectivity index (χ1) is 8.77. The van der Waals surface area contributed by atoms with Gasteiger partial charge in [0.15, 0.2) is 5.82 Å². The highest BCUT2D eigenvalue weighted by Crippen LogP contribution is 2.19. The van der Waals surface area contributed by atoms with Gasteiger partial charge in [0.25, 0.3) is 0 Å². The fourth-order valence-corrected chi connectivity index (χ4v) is 2.03. The lowest BCUT2D eigenvalue weighted by Crippen LogP contribution is -2.24. The van der Waals surface area contributed by atoms with E-state index in [1.54, 1.807) is 6.20 Å². The maximum Gasteiger partial charge on any atom is 0.206 e. The highest BCUT2D eigenvalue weighted by molar-refractivity contribution is 5.98. The summed E-state index contributed by atoms with van der Waals surface area (Å²) < 4.78 is 1.84. The maximum atomic E-state index is 12.5. The number of Topliss-reactive ketones (excluding diaryl/α,β-unsaturated/α-hetero) is 1. The van der Waals surface area contributed by atoms with Gasteiger partial charge in [-0.15, -0.1) is 0 Å². The van der Waals surface area contributed by atoms with E-state index in [0.717, 1.165) is 12.1 Å². The molecule has 0 saturated heterocycles. The fourth-order valence-electron chi connectivity index (χ4n) is 2.03. The van der Waals surface area contributed by atoms with Gasteiger partial charge in [-0.3, -0.25) is 4.79 Å². The molecule has 0 saturated carbocycles. The van der Waals surface area contributed by atoms with Gasteiger partial charge in [0.2, 0.25) is 5.78 Å². The molecule has 18 heavy (non-hydrogen) atoms. The Kier molecular flexibility index (Phi) is 3.89. The molecular formula is C14H17N3O. The Morgan fingerprint density at radius 1 is 1.39 bits per heavy atom. The number of rotatable bonds is 5. The molecule has 1 heterocycles. The van der Waals surface area contributed by atoms with E-state index in [1.165, 1.54) is 0 Å². The van der Waals surface area contributed by atoms with Crippen molar-refractivity contribution in [1.82, 2.24) is 9.55 Å². The van der Waals surface area contributed by atoms with E-state index in [2.05, 4.69) is 4.98 Å². The molecule has 1 unspecified atom stereocenters. The first-order valence-electron chi connectivity index (χ1n) is 6.08. The standard InChI is InChI=1S/C14H17N3O/c1-2-17-9-8-16-14(17)13(18)12(10-15)11-6-4-3-5-7-11/h3-9,12H,2,10,15H2,1H3. The second kappa shape index (κ2) is 5.60. The summed E-state index contributed by atoms with van der Waals surface area (Å²) in [7, 11) is 0. The van der Waals surface area contributed by atoms with Crippen molar-refractivity contribution < 1.29 is 4.79 Å². The molecule has 1 atom stereocenters. The summed E-state index contributed by atoms with van der Waals surface area (Å²) in [6.45, 7) is 3.00. The number of aryl methyl sites for hydroxylation is 1. The summed E-state index contributed by atoms with van der Waals surface area (Å²) in [4.78, 5) is 16.6. The molecule has 4 heteroatoms. The predicted octanol–water partition coefficient (Wildman–Crippen LogP) is 1.83. The number of carbonyl (C=O) groups is 1. The molecular weight excluding hydrogens is 226 g/mol. The van der Waals surface area contributed by atoms with Crippen molar-refractivity contribution in [2.24, 2.45) is 5.73 Å². The Labute approximate surface area is 106 Å². The van der Waals surface area contributed by atoms with E-state index in [-0.39, 0.29) is 11.7 Å². The van der Waals surface area contributed by atoms with E-state index < -0.39 is 0 Å². The molecule has 0 bridgehead atoms. The molecule has 2 rings (SSSR count). The minimum Gasteiger partial charge on any atom is -0.329 e. The average molecular weight is 243 g/mol. The summed E-state index contributed by atoms with van der Waals surface area (Å²) in [6.07, 6.45) is 3.46. The van der Waals surface area contributed by atoms with E-state index in [4.69, 9.17) is 5.73 Å². The zero-order valence-corrected chi connectivity index (χ0v) is 10.4. The summed E-state index contributed by atoms with van der Waals surface area (Å²) in [5.41, 5.74) is 6.69. The summed E-state index contributed by atoms with van der Waals surface area (Å²) in [5, 5.41) is 0. The van der Waals surface area contributed by atoms with Crippen LogP contribution in [0.2, 0.25) is 0 Å². The normalized spacial score (nSPS) is 12.3. The molecule has 0 fully saturated rings. The number of ketones is 1. The monoisotopic (exact) mass is 243 g/mol. The van der Waals surface area contributed by atoms with Gasteiger partial charge in [0.05, 0.1) is 5.92 Å². The van der Waals surface area contributed by atoms with Crippen LogP contribution in [0.1, 0.15) is 29.0 Å². The van der Waals surface area contributed by atoms with Crippen LogP contribution in [0.4, 0.5) is 0 Å². The molecule has 94 valence electrons. The third kappa shape index (κ3) is 2.33. The second-order valence-electron chi connectivity index (χ2n) is 4.10. The number of nitrogens with two attached hydrogens (primary N) is 1. The van der Waals surface area contributed by atoms with E-state index >= 15 is 0 Å². The topological polar surface area (TPSA) is 60.9 Å². The van der Waals surface area contributed by atoms with E-state index in [9.17, 15) is 4.79 Å². The van der Waals surface area contributed by atoms with Crippen LogP contribution in [0.15, 0.2) is 42.7 Å². The summed E-state index contributed by atoms with van der Waals surface area (Å²) >= 11 is 0. The molecule has 1 aromatic heterocycles. The Morgan fingerprint density at radius 3 is 2.72 bits per heavy atom. The Hall–Kier alpha value is -1.94. The number of imidazole rings is 1. The molecule has 0 aliphatic rings. The average Bonchev–Trinajstić information content (AvgIpc) is 2.89. The van der Waals surface area contributed by atoms with Gasteiger partial charge in [-0.1, -0.05) is 30.3 Å². The summed E-state index contributed by atoms with van der Waals surface area (Å²) in [6, 6.07) is 9.60. The van der Waals surface area contributed by atoms with Crippen LogP contribution in [0.3, 0.4) is 0 Å². The minimum absolute atomic E-state index is 0.0180. The van der Waals surface area contributed by atoms with Gasteiger partial charge >= 0.3 is 0 Å². The van der Waals surface area contributed by atoms with Gasteiger partial charge in [0, 0.05) is 25.5 Å². The smallest absolute Gasteiger partial charge is 0.206 e. The quantitative estimate of drug-likeness (QED) is 0.815. The predicted molar refractivity (Wildman–Crippen MR) is 70.5 cm³/mol. The number of nitrogens with zero attached hydrogens (tertiary/aromatic N) is 2. The fraction of sp³-hybridized carbons (Fsp3) is 0.286. The van der Waals surface area contributed by atoms with Crippen molar-refractivity contribution in [2.45, 2.75) is 19.4 Å². The second-order valence-corrected chi connectivity index (χ2v) is 4.10. The molecule has 0 radical (unpaired) electrons. The van der Waals surface area contributed by atoms with Crippen LogP contribution in [-0.2, 0) is 6.54 Å². The Balaban J connectivity index is 2.32. The van der Waals surface area contributed by atoms with Crippen molar-refractivity contribution in [3.8, 4) is 0 Å². The van der Waals surface area contributed by atoms with Crippen molar-refractivity contribution in [2.75, 3.05) is 6.54 Å². The van der Waals surface area contributed by atoms with E-state index in [0.29, 0.717) is 12.4 Å². The molecule has 0 amide bonds. The molecule has 1 aromatic carbocycles. The van der Waals surface area contributed by atoms with Gasteiger partial charge in [0.1, 0.15) is 0 Å². The van der Waals surface area contributed by atoms with Gasteiger partial charge in [-0.05, 0) is 12.5 Å². The van der Waals surface area contributed by atoms with Crippen molar-refractivity contribution >= 4 is 5.78 Å². The number of hydrogen-bond acceptors (Lipinski definition) is 3. The van der Waals surface area contributed by atoms with Crippen molar-refractivity contribution in [3.05, 3.63) is 54.1 Å². The minimum atomic E-state index is -0.320. The van der Waals surface area contributed by atoms with Gasteiger partial charge in [-0.25, -0.2) is 4.98 Å². The van der Waals surface area contributed by atoms with Crippen LogP contribution >= 0.6 is 0 Å². The van der Waals surface area contributed by atoms with Crippen LogP contribution < -0.4 is 5.73 Å². The summed E-state index contributed by atoms with van der Waals surface area (Å²) in [5.74, 6) is 0.145. The first kappa shape index (κ1) is 12.5. The number of hydrogen-bond donors (Lipinski definition) is 1. The zero-order chi connectivity index (χ0) is 13.0. The number of benzene rings is 1. The number of aromatic nitrogens is 2. The largest absolute Gasteiger partial charge is 0.329 e. The van der Waals surface area contributed by atoms with Gasteiger partial charge in [-0.2, -0.15) is 0 Å². The van der Waals surface area contributed by atoms with Gasteiger partial charge < -0.3 is 10.3 Å². The lowest BCUT2D eigenvalue weighted by atomic mass is 9.94. The molecule has 0 spiro atoms. The van der Waals surface area contributed by atoms with Crippen LogP contribution in [0, 0.1) is 0 Å². The molecule has 2 aromatic rings. The first-order valence-corrected chi connectivity index (χ1v) is 6.08. The Bertz CT molecular complexity index is 519.